The molecule has 1 aromatic carbocycles. The van der Waals surface area contributed by atoms with Crippen molar-refractivity contribution in [2.45, 2.75) is 24.6 Å². The van der Waals surface area contributed by atoms with Crippen LogP contribution >= 0.6 is 23.1 Å². The highest BCUT2D eigenvalue weighted by molar-refractivity contribution is 8.00. The van der Waals surface area contributed by atoms with Crippen LogP contribution in [0.4, 0.5) is 0 Å². The molecule has 0 radical (unpaired) electrons. The summed E-state index contributed by atoms with van der Waals surface area (Å²) in [6, 6.07) is 9.28. The maximum Gasteiger partial charge on any atom is 0.317 e. The molecule has 1 unspecified atom stereocenters. The van der Waals surface area contributed by atoms with Crippen LogP contribution in [0.3, 0.4) is 0 Å². The fourth-order valence-corrected chi connectivity index (χ4v) is 3.93. The molecule has 0 saturated carbocycles. The van der Waals surface area contributed by atoms with Gasteiger partial charge in [0.2, 0.25) is 0 Å². The summed E-state index contributed by atoms with van der Waals surface area (Å²) in [7, 11) is 1.60. The second-order valence-corrected chi connectivity index (χ2v) is 7.66. The van der Waals surface area contributed by atoms with E-state index in [1.807, 2.05) is 35.7 Å². The molecule has 0 fully saturated rings. The van der Waals surface area contributed by atoms with Crippen molar-refractivity contribution in [3.63, 3.8) is 0 Å². The van der Waals surface area contributed by atoms with Crippen molar-refractivity contribution >= 4 is 45.2 Å². The molecule has 28 heavy (non-hydrogen) atoms. The van der Waals surface area contributed by atoms with E-state index in [1.165, 1.54) is 29.4 Å². The number of carbonyl (C=O) groups excluding carboxylic acids is 2. The molecule has 0 aliphatic heterocycles. The predicted molar refractivity (Wildman–Crippen MR) is 109 cm³/mol. The van der Waals surface area contributed by atoms with Crippen LogP contribution in [0.15, 0.2) is 47.1 Å². The number of carbonyl (C=O) groups is 2. The highest BCUT2D eigenvalue weighted by atomic mass is 32.2. The molecule has 3 aromatic rings. The summed E-state index contributed by atoms with van der Waals surface area (Å²) in [5, 5.41) is 6.32. The molecule has 0 saturated heterocycles. The Labute approximate surface area is 170 Å². The Balaban J connectivity index is 1.45. The Kier molecular flexibility index (Phi) is 6.83. The summed E-state index contributed by atoms with van der Waals surface area (Å²) in [5.41, 5.74) is 0.923. The summed E-state index contributed by atoms with van der Waals surface area (Å²) in [5.74, 6) is -0.00766. The number of thiophene rings is 1. The summed E-state index contributed by atoms with van der Waals surface area (Å²) < 4.78 is 10.3. The normalized spacial score (nSPS) is 11.8. The monoisotopic (exact) mass is 417 g/mol. The third kappa shape index (κ3) is 5.20. The minimum absolute atomic E-state index is 0.0675. The van der Waals surface area contributed by atoms with Gasteiger partial charge in [0.25, 0.3) is 5.91 Å². The Bertz CT molecular complexity index is 959. The highest BCUT2D eigenvalue weighted by Crippen LogP contribution is 2.27. The minimum Gasteiger partial charge on any atom is -0.497 e. The highest BCUT2D eigenvalue weighted by Gasteiger charge is 2.18. The molecule has 2 heterocycles. The lowest BCUT2D eigenvalue weighted by molar-refractivity contribution is -0.152. The number of hydrogen-bond acceptors (Lipinski definition) is 8. The summed E-state index contributed by atoms with van der Waals surface area (Å²) in [4.78, 5) is 33.5. The van der Waals surface area contributed by atoms with Crippen molar-refractivity contribution in [2.24, 2.45) is 0 Å². The van der Waals surface area contributed by atoms with E-state index in [4.69, 9.17) is 9.47 Å². The van der Waals surface area contributed by atoms with Gasteiger partial charge < -0.3 is 14.8 Å². The average Bonchev–Trinajstić information content (AvgIpc) is 3.20. The van der Waals surface area contributed by atoms with Crippen LogP contribution in [-0.2, 0) is 20.9 Å². The van der Waals surface area contributed by atoms with E-state index in [-0.39, 0.29) is 11.7 Å². The molecule has 1 amide bonds. The van der Waals surface area contributed by atoms with Crippen molar-refractivity contribution in [1.29, 1.82) is 0 Å². The van der Waals surface area contributed by atoms with Gasteiger partial charge in [-0.1, -0.05) is 23.9 Å². The number of esters is 1. The molecular formula is C19H19N3O4S2. The van der Waals surface area contributed by atoms with Crippen LogP contribution in [0, 0.1) is 0 Å². The number of methoxy groups -OCH3 is 1. The number of nitrogens with one attached hydrogen (secondary N) is 1. The quantitative estimate of drug-likeness (QED) is 0.342. The molecule has 0 spiro atoms. The van der Waals surface area contributed by atoms with Crippen molar-refractivity contribution in [3.8, 4) is 5.75 Å². The van der Waals surface area contributed by atoms with Crippen molar-refractivity contribution in [2.75, 3.05) is 12.9 Å². The smallest absolute Gasteiger partial charge is 0.317 e. The summed E-state index contributed by atoms with van der Waals surface area (Å²) in [6.45, 7) is 1.89. The van der Waals surface area contributed by atoms with E-state index in [9.17, 15) is 9.59 Å². The van der Waals surface area contributed by atoms with Gasteiger partial charge in [0.05, 0.1) is 12.9 Å². The molecule has 3 rings (SSSR count). The molecule has 0 bridgehead atoms. The lowest BCUT2D eigenvalue weighted by Crippen LogP contribution is -2.35. The van der Waals surface area contributed by atoms with Gasteiger partial charge in [-0.05, 0) is 36.1 Å². The van der Waals surface area contributed by atoms with Crippen LogP contribution in [0.25, 0.3) is 10.2 Å². The van der Waals surface area contributed by atoms with Crippen LogP contribution in [0.2, 0.25) is 0 Å². The summed E-state index contributed by atoms with van der Waals surface area (Å²) in [6.07, 6.45) is 0.597. The fraction of sp³-hybridized carbons (Fsp3) is 0.263. The van der Waals surface area contributed by atoms with Crippen LogP contribution < -0.4 is 10.1 Å². The van der Waals surface area contributed by atoms with E-state index in [0.717, 1.165) is 26.6 Å². The number of ether oxygens (including phenoxy) is 2. The van der Waals surface area contributed by atoms with Gasteiger partial charge in [-0.15, -0.1) is 11.3 Å². The molecule has 7 nitrogen and oxygen atoms in total. The zero-order valence-electron chi connectivity index (χ0n) is 15.4. The zero-order valence-corrected chi connectivity index (χ0v) is 17.0. The number of aromatic nitrogens is 2. The lowest BCUT2D eigenvalue weighted by atomic mass is 10.2. The first-order chi connectivity index (χ1) is 13.6. The standard InChI is InChI=1S/C19H19N3O4S2/c1-12(17(24)20-9-13-3-5-14(25-2)6-4-13)26-16(23)10-28-19-15-7-8-27-18(15)21-11-22-19/h3-8,11-12H,9-10H2,1-2H3,(H,20,24). The topological polar surface area (TPSA) is 90.4 Å². The Morgan fingerprint density at radius 2 is 2.00 bits per heavy atom. The molecule has 1 N–H and O–H groups in total. The minimum atomic E-state index is -0.877. The SMILES string of the molecule is COc1ccc(CNC(=O)C(C)OC(=O)CSc2ncnc3sccc23)cc1. The molecule has 0 aliphatic carbocycles. The number of thioether (sulfide) groups is 1. The number of amides is 1. The van der Waals surface area contributed by atoms with E-state index < -0.39 is 12.1 Å². The first-order valence-electron chi connectivity index (χ1n) is 8.48. The van der Waals surface area contributed by atoms with Crippen molar-refractivity contribution in [3.05, 3.63) is 47.6 Å². The number of benzene rings is 1. The largest absolute Gasteiger partial charge is 0.497 e. The van der Waals surface area contributed by atoms with Gasteiger partial charge in [-0.3, -0.25) is 9.59 Å². The van der Waals surface area contributed by atoms with Crippen molar-refractivity contribution < 1.29 is 19.1 Å². The van der Waals surface area contributed by atoms with E-state index in [2.05, 4.69) is 15.3 Å². The van der Waals surface area contributed by atoms with E-state index in [1.54, 1.807) is 14.0 Å². The molecule has 9 heteroatoms. The lowest BCUT2D eigenvalue weighted by Gasteiger charge is -2.13. The van der Waals surface area contributed by atoms with Crippen LogP contribution in [-0.4, -0.2) is 40.8 Å². The Morgan fingerprint density at radius 3 is 2.75 bits per heavy atom. The van der Waals surface area contributed by atoms with Gasteiger partial charge in [0.15, 0.2) is 6.10 Å². The maximum absolute atomic E-state index is 12.2. The van der Waals surface area contributed by atoms with Crippen LogP contribution in [0.1, 0.15) is 12.5 Å². The third-order valence-electron chi connectivity index (χ3n) is 3.86. The molecule has 0 aliphatic rings. The molecular weight excluding hydrogens is 398 g/mol. The van der Waals surface area contributed by atoms with E-state index >= 15 is 0 Å². The van der Waals surface area contributed by atoms with Gasteiger partial charge >= 0.3 is 5.97 Å². The second kappa shape index (κ2) is 9.52. The average molecular weight is 418 g/mol. The van der Waals surface area contributed by atoms with Gasteiger partial charge in [-0.25, -0.2) is 9.97 Å². The number of fused-ring (bicyclic) bond motifs is 1. The Morgan fingerprint density at radius 1 is 1.21 bits per heavy atom. The maximum atomic E-state index is 12.2. The predicted octanol–water partition coefficient (Wildman–Crippen LogP) is 3.04. The molecule has 1 atom stereocenters. The molecule has 2 aromatic heterocycles. The second-order valence-electron chi connectivity index (χ2n) is 5.80. The van der Waals surface area contributed by atoms with Crippen molar-refractivity contribution in [1.82, 2.24) is 15.3 Å². The first-order valence-corrected chi connectivity index (χ1v) is 10.3. The first kappa shape index (κ1) is 20.1. The van der Waals surface area contributed by atoms with Crippen LogP contribution in [0.5, 0.6) is 5.75 Å². The van der Waals surface area contributed by atoms with Gasteiger partial charge in [0, 0.05) is 11.9 Å². The van der Waals surface area contributed by atoms with Gasteiger partial charge in [0.1, 0.15) is 21.9 Å². The number of hydrogen-bond donors (Lipinski definition) is 1. The third-order valence-corrected chi connectivity index (χ3v) is 5.65. The zero-order chi connectivity index (χ0) is 19.9. The molecule has 146 valence electrons. The van der Waals surface area contributed by atoms with E-state index in [0.29, 0.717) is 6.54 Å². The Hall–Kier alpha value is -2.65. The number of nitrogens with zero attached hydrogens (tertiary/aromatic N) is 2. The summed E-state index contributed by atoms with van der Waals surface area (Å²) >= 11 is 2.78. The van der Waals surface area contributed by atoms with Gasteiger partial charge in [-0.2, -0.15) is 0 Å². The fourth-order valence-electron chi connectivity index (χ4n) is 2.37. The number of rotatable bonds is 8.